The van der Waals surface area contributed by atoms with Crippen molar-refractivity contribution in [3.63, 3.8) is 0 Å². The topological polar surface area (TPSA) is 86.7 Å². The maximum atomic E-state index is 12.0. The average Bonchev–Trinajstić information content (AvgIpc) is 2.90. The highest BCUT2D eigenvalue weighted by atomic mass is 32.2. The van der Waals surface area contributed by atoms with Crippen LogP contribution in [0.1, 0.15) is 25.7 Å². The average molecular weight is 276 g/mol. The Morgan fingerprint density at radius 1 is 1.50 bits per heavy atom. The molecule has 0 aromatic heterocycles. The summed E-state index contributed by atoms with van der Waals surface area (Å²) in [6.45, 7) is 0.937. The van der Waals surface area contributed by atoms with Gasteiger partial charge in [-0.1, -0.05) is 0 Å². The summed E-state index contributed by atoms with van der Waals surface area (Å²) < 4.78 is 24.3. The number of hydrogen-bond donors (Lipinski definition) is 2. The van der Waals surface area contributed by atoms with E-state index in [1.54, 1.807) is 0 Å². The van der Waals surface area contributed by atoms with Gasteiger partial charge in [-0.15, -0.1) is 0 Å². The van der Waals surface area contributed by atoms with Gasteiger partial charge in [0.25, 0.3) is 0 Å². The van der Waals surface area contributed by atoms with Crippen LogP contribution >= 0.6 is 0 Å². The largest absolute Gasteiger partial charge is 0.396 e. The molecule has 2 aliphatic rings. The lowest BCUT2D eigenvalue weighted by atomic mass is 10.1. The summed E-state index contributed by atoms with van der Waals surface area (Å²) in [5.41, 5.74) is -0.149. The third kappa shape index (κ3) is 2.84. The number of carbonyl (C=O) groups is 1. The van der Waals surface area contributed by atoms with Gasteiger partial charge in [0, 0.05) is 18.5 Å². The van der Waals surface area contributed by atoms with E-state index in [9.17, 15) is 13.2 Å². The first kappa shape index (κ1) is 13.8. The summed E-state index contributed by atoms with van der Waals surface area (Å²) >= 11 is 0. The molecule has 0 aromatic carbocycles. The molecule has 0 aromatic rings. The third-order valence-corrected chi connectivity index (χ3v) is 5.15. The fourth-order valence-corrected chi connectivity index (χ4v) is 3.48. The monoisotopic (exact) mass is 276 g/mol. The van der Waals surface area contributed by atoms with Crippen LogP contribution in [-0.4, -0.2) is 55.7 Å². The van der Waals surface area contributed by atoms with E-state index < -0.39 is 16.1 Å². The molecule has 1 saturated carbocycles. The molecule has 2 N–H and O–H groups in total. The molecule has 18 heavy (non-hydrogen) atoms. The standard InChI is InChI=1S/C11H20N2O4S/c1-18(16,17)13-6-2-3-9(13)10(15)12-7-11(8-14)4-5-11/h9,14H,2-8H2,1H3,(H,12,15). The van der Waals surface area contributed by atoms with Crippen LogP contribution in [0.15, 0.2) is 0 Å². The first-order chi connectivity index (χ1) is 8.38. The number of nitrogens with one attached hydrogen (secondary N) is 1. The predicted molar refractivity (Wildman–Crippen MR) is 66.3 cm³/mol. The normalized spacial score (nSPS) is 27.1. The molecule has 0 bridgehead atoms. The van der Waals surface area contributed by atoms with Crippen molar-refractivity contribution in [3.05, 3.63) is 0 Å². The number of sulfonamides is 1. The van der Waals surface area contributed by atoms with Crippen LogP contribution in [0, 0.1) is 5.41 Å². The Morgan fingerprint density at radius 2 is 2.17 bits per heavy atom. The maximum absolute atomic E-state index is 12.0. The molecule has 1 aliphatic carbocycles. The molecule has 0 radical (unpaired) electrons. The van der Waals surface area contributed by atoms with Gasteiger partial charge < -0.3 is 10.4 Å². The van der Waals surface area contributed by atoms with E-state index in [4.69, 9.17) is 5.11 Å². The van der Waals surface area contributed by atoms with Crippen LogP contribution in [0.25, 0.3) is 0 Å². The van der Waals surface area contributed by atoms with Gasteiger partial charge in [-0.05, 0) is 25.7 Å². The van der Waals surface area contributed by atoms with Crippen LogP contribution in [-0.2, 0) is 14.8 Å². The van der Waals surface area contributed by atoms with E-state index >= 15 is 0 Å². The summed E-state index contributed by atoms with van der Waals surface area (Å²) in [5.74, 6) is -0.238. The van der Waals surface area contributed by atoms with Gasteiger partial charge in [-0.3, -0.25) is 4.79 Å². The Morgan fingerprint density at radius 3 is 2.67 bits per heavy atom. The molecule has 0 spiro atoms. The first-order valence-electron chi connectivity index (χ1n) is 6.23. The van der Waals surface area contributed by atoms with Crippen molar-refractivity contribution < 1.29 is 18.3 Å². The van der Waals surface area contributed by atoms with Crippen molar-refractivity contribution in [3.8, 4) is 0 Å². The highest BCUT2D eigenvalue weighted by molar-refractivity contribution is 7.88. The number of rotatable bonds is 5. The zero-order valence-electron chi connectivity index (χ0n) is 10.6. The van der Waals surface area contributed by atoms with Crippen molar-refractivity contribution in [2.24, 2.45) is 5.41 Å². The second-order valence-corrected chi connectivity index (χ2v) is 7.34. The molecular formula is C11H20N2O4S. The van der Waals surface area contributed by atoms with Crippen molar-refractivity contribution >= 4 is 15.9 Å². The summed E-state index contributed by atoms with van der Waals surface area (Å²) in [6, 6.07) is -0.575. The van der Waals surface area contributed by atoms with E-state index in [2.05, 4.69) is 5.32 Å². The number of amides is 1. The fraction of sp³-hybridized carbons (Fsp3) is 0.909. The highest BCUT2D eigenvalue weighted by Gasteiger charge is 2.43. The molecule has 1 unspecified atom stereocenters. The van der Waals surface area contributed by atoms with Crippen LogP contribution in [0.2, 0.25) is 0 Å². The van der Waals surface area contributed by atoms with E-state index in [-0.39, 0.29) is 17.9 Å². The lowest BCUT2D eigenvalue weighted by Crippen LogP contribution is -2.47. The lowest BCUT2D eigenvalue weighted by molar-refractivity contribution is -0.124. The Labute approximate surface area is 107 Å². The second-order valence-electron chi connectivity index (χ2n) is 5.41. The van der Waals surface area contributed by atoms with E-state index in [1.165, 1.54) is 4.31 Å². The molecule has 1 atom stereocenters. The molecule has 6 nitrogen and oxygen atoms in total. The minimum Gasteiger partial charge on any atom is -0.396 e. The number of nitrogens with zero attached hydrogens (tertiary/aromatic N) is 1. The van der Waals surface area contributed by atoms with Gasteiger partial charge in [0.15, 0.2) is 0 Å². The zero-order chi connectivity index (χ0) is 13.4. The van der Waals surface area contributed by atoms with Crippen molar-refractivity contribution in [1.82, 2.24) is 9.62 Å². The van der Waals surface area contributed by atoms with Crippen molar-refractivity contribution in [2.45, 2.75) is 31.7 Å². The van der Waals surface area contributed by atoms with Crippen LogP contribution in [0.5, 0.6) is 0 Å². The number of aliphatic hydroxyl groups excluding tert-OH is 1. The molecule has 2 rings (SSSR count). The number of aliphatic hydroxyl groups is 1. The molecule has 104 valence electrons. The summed E-state index contributed by atoms with van der Waals surface area (Å²) in [6.07, 6.45) is 4.27. The minimum absolute atomic E-state index is 0.0771. The Balaban J connectivity index is 1.92. The van der Waals surface area contributed by atoms with E-state index in [0.29, 0.717) is 19.5 Å². The SMILES string of the molecule is CS(=O)(=O)N1CCCC1C(=O)NCC1(CO)CC1. The zero-order valence-corrected chi connectivity index (χ0v) is 11.4. The summed E-state index contributed by atoms with van der Waals surface area (Å²) in [7, 11) is -3.32. The van der Waals surface area contributed by atoms with Gasteiger partial charge >= 0.3 is 0 Å². The smallest absolute Gasteiger partial charge is 0.238 e. The van der Waals surface area contributed by atoms with E-state index in [0.717, 1.165) is 25.5 Å². The molecule has 2 fully saturated rings. The van der Waals surface area contributed by atoms with Crippen LogP contribution in [0.4, 0.5) is 0 Å². The van der Waals surface area contributed by atoms with Gasteiger partial charge in [0.05, 0.1) is 12.9 Å². The van der Waals surface area contributed by atoms with Crippen molar-refractivity contribution in [1.29, 1.82) is 0 Å². The molecule has 1 heterocycles. The predicted octanol–water partition coefficient (Wildman–Crippen LogP) is -0.701. The van der Waals surface area contributed by atoms with Crippen LogP contribution < -0.4 is 5.32 Å². The first-order valence-corrected chi connectivity index (χ1v) is 8.08. The molecular weight excluding hydrogens is 256 g/mol. The molecule has 7 heteroatoms. The minimum atomic E-state index is -3.32. The molecule has 1 saturated heterocycles. The summed E-state index contributed by atoms with van der Waals surface area (Å²) in [5, 5.41) is 11.9. The molecule has 1 amide bonds. The van der Waals surface area contributed by atoms with Gasteiger partial charge in [0.2, 0.25) is 15.9 Å². The Kier molecular flexibility index (Phi) is 3.66. The number of hydrogen-bond acceptors (Lipinski definition) is 4. The quantitative estimate of drug-likeness (QED) is 0.695. The second kappa shape index (κ2) is 4.79. The molecule has 1 aliphatic heterocycles. The van der Waals surface area contributed by atoms with Gasteiger partial charge in [0.1, 0.15) is 6.04 Å². The lowest BCUT2D eigenvalue weighted by Gasteiger charge is -2.22. The van der Waals surface area contributed by atoms with E-state index in [1.807, 2.05) is 0 Å². The van der Waals surface area contributed by atoms with Gasteiger partial charge in [-0.2, -0.15) is 4.31 Å². The Bertz CT molecular complexity index is 430. The maximum Gasteiger partial charge on any atom is 0.238 e. The third-order valence-electron chi connectivity index (χ3n) is 3.86. The van der Waals surface area contributed by atoms with Crippen molar-refractivity contribution in [2.75, 3.05) is 26.0 Å². The van der Waals surface area contributed by atoms with Gasteiger partial charge in [-0.25, -0.2) is 8.42 Å². The number of carbonyl (C=O) groups excluding carboxylic acids is 1. The Hall–Kier alpha value is -0.660. The van der Waals surface area contributed by atoms with Crippen LogP contribution in [0.3, 0.4) is 0 Å². The fourth-order valence-electron chi connectivity index (χ4n) is 2.36. The highest BCUT2D eigenvalue weighted by Crippen LogP contribution is 2.44. The summed E-state index contributed by atoms with van der Waals surface area (Å²) in [4.78, 5) is 12.0.